The summed E-state index contributed by atoms with van der Waals surface area (Å²) in [6.07, 6.45) is 3.07. The Kier molecular flexibility index (Phi) is 8.94. The lowest BCUT2D eigenvalue weighted by atomic mass is 9.72. The van der Waals surface area contributed by atoms with Crippen LogP contribution in [-0.2, 0) is 22.4 Å². The van der Waals surface area contributed by atoms with Crippen LogP contribution in [0.3, 0.4) is 0 Å². The maximum Gasteiger partial charge on any atom is 0.341 e. The van der Waals surface area contributed by atoms with E-state index in [1.165, 1.54) is 46.2 Å². The second-order valence-electron chi connectivity index (χ2n) is 12.1. The Hall–Kier alpha value is -3.36. The van der Waals surface area contributed by atoms with Crippen LogP contribution in [0.4, 0.5) is 5.00 Å². The van der Waals surface area contributed by atoms with Crippen molar-refractivity contribution in [3.8, 4) is 22.5 Å². The lowest BCUT2D eigenvalue weighted by Crippen LogP contribution is -2.26. The average Bonchev–Trinajstić information content (AvgIpc) is 3.54. The molecular formula is C34H39N3O3S2. The largest absolute Gasteiger partial charge is 0.465 e. The minimum absolute atomic E-state index is 0.123. The highest BCUT2D eigenvalue weighted by Gasteiger charge is 2.34. The highest BCUT2D eigenvalue weighted by atomic mass is 32.2. The predicted molar refractivity (Wildman–Crippen MR) is 174 cm³/mol. The minimum atomic E-state index is -0.380. The van der Waals surface area contributed by atoms with Crippen molar-refractivity contribution in [2.24, 2.45) is 11.3 Å². The summed E-state index contributed by atoms with van der Waals surface area (Å²) in [6.45, 7) is 11.0. The van der Waals surface area contributed by atoms with Crippen LogP contribution in [-0.4, -0.2) is 34.7 Å². The van der Waals surface area contributed by atoms with E-state index < -0.39 is 0 Å². The standard InChI is InChI=1S/C34H39N3O3S2/c1-20-7-11-22(12-8-20)29-30(23-13-9-21(2)10-14-23)37-33(36-29)41-18-17-27(38)35-31-28(32(39)40-6)25-16-15-24(34(3,4)5)19-26(25)42-31/h7-14,24H,15-19H2,1-6H3,(H,35,38)(H,36,37). The van der Waals surface area contributed by atoms with Gasteiger partial charge in [-0.15, -0.1) is 11.3 Å². The number of hydrogen-bond donors (Lipinski definition) is 2. The van der Waals surface area contributed by atoms with Crippen molar-refractivity contribution in [2.45, 2.75) is 65.5 Å². The molecule has 2 heterocycles. The number of aromatic amines is 1. The SMILES string of the molecule is COC(=O)c1c(NC(=O)CCSc2nc(-c3ccc(C)cc3)c(-c3ccc(C)cc3)[nH]2)sc2c1CCC(C(C)(C)C)C2. The van der Waals surface area contributed by atoms with Crippen molar-refractivity contribution >= 4 is 40.0 Å². The van der Waals surface area contributed by atoms with Crippen LogP contribution in [0.1, 0.15) is 65.5 Å². The number of aryl methyl sites for hydroxylation is 2. The van der Waals surface area contributed by atoms with Gasteiger partial charge in [0.25, 0.3) is 0 Å². The van der Waals surface area contributed by atoms with Crippen LogP contribution in [0.2, 0.25) is 0 Å². The zero-order valence-corrected chi connectivity index (χ0v) is 26.9. The fourth-order valence-electron chi connectivity index (χ4n) is 5.43. The molecular weight excluding hydrogens is 563 g/mol. The van der Waals surface area contributed by atoms with Gasteiger partial charge < -0.3 is 15.0 Å². The molecule has 2 aromatic carbocycles. The summed E-state index contributed by atoms with van der Waals surface area (Å²) in [5.41, 5.74) is 8.13. The molecule has 0 saturated carbocycles. The third-order valence-corrected chi connectivity index (χ3v) is 10.1. The van der Waals surface area contributed by atoms with Gasteiger partial charge in [0.15, 0.2) is 5.16 Å². The first-order chi connectivity index (χ1) is 20.0. The highest BCUT2D eigenvalue weighted by Crippen LogP contribution is 2.44. The minimum Gasteiger partial charge on any atom is -0.465 e. The zero-order valence-electron chi connectivity index (χ0n) is 25.2. The van der Waals surface area contributed by atoms with Crippen LogP contribution in [0, 0.1) is 25.2 Å². The smallest absolute Gasteiger partial charge is 0.341 e. The highest BCUT2D eigenvalue weighted by molar-refractivity contribution is 7.99. The summed E-state index contributed by atoms with van der Waals surface area (Å²) in [5.74, 6) is 0.582. The molecule has 0 radical (unpaired) electrons. The Morgan fingerprint density at radius 3 is 2.31 bits per heavy atom. The number of carbonyl (C=O) groups is 2. The van der Waals surface area contributed by atoms with E-state index in [9.17, 15) is 9.59 Å². The van der Waals surface area contributed by atoms with Crippen LogP contribution in [0.15, 0.2) is 53.7 Å². The summed E-state index contributed by atoms with van der Waals surface area (Å²) in [5, 5.41) is 4.41. The van der Waals surface area contributed by atoms with Gasteiger partial charge in [-0.1, -0.05) is 92.2 Å². The maximum atomic E-state index is 13.1. The van der Waals surface area contributed by atoms with E-state index in [0.29, 0.717) is 28.7 Å². The van der Waals surface area contributed by atoms with Gasteiger partial charge in [0.1, 0.15) is 5.00 Å². The van der Waals surface area contributed by atoms with Crippen LogP contribution in [0.5, 0.6) is 0 Å². The van der Waals surface area contributed by atoms with E-state index in [1.54, 1.807) is 0 Å². The molecule has 0 aliphatic heterocycles. The number of thioether (sulfide) groups is 1. The number of carbonyl (C=O) groups excluding carboxylic acids is 2. The van der Waals surface area contributed by atoms with E-state index in [4.69, 9.17) is 9.72 Å². The second-order valence-corrected chi connectivity index (χ2v) is 14.3. The van der Waals surface area contributed by atoms with Crippen molar-refractivity contribution in [3.05, 3.63) is 75.7 Å². The Morgan fingerprint density at radius 2 is 1.69 bits per heavy atom. The molecule has 8 heteroatoms. The van der Waals surface area contributed by atoms with E-state index in [2.05, 4.69) is 93.5 Å². The number of thiophene rings is 1. The molecule has 4 aromatic rings. The number of benzene rings is 2. The quantitative estimate of drug-likeness (QED) is 0.156. The molecule has 5 rings (SSSR count). The Balaban J connectivity index is 1.30. The van der Waals surface area contributed by atoms with Crippen molar-refractivity contribution in [1.29, 1.82) is 0 Å². The van der Waals surface area contributed by atoms with Crippen LogP contribution < -0.4 is 5.32 Å². The third kappa shape index (κ3) is 6.65. The monoisotopic (exact) mass is 601 g/mol. The number of imidazole rings is 1. The number of nitrogens with zero attached hydrogens (tertiary/aromatic N) is 1. The molecule has 1 atom stereocenters. The molecule has 1 aliphatic rings. The fourth-order valence-corrected chi connectivity index (χ4v) is 7.57. The Morgan fingerprint density at radius 1 is 1.05 bits per heavy atom. The first-order valence-electron chi connectivity index (χ1n) is 14.4. The average molecular weight is 602 g/mol. The van der Waals surface area contributed by atoms with Gasteiger partial charge in [-0.2, -0.15) is 0 Å². The second kappa shape index (κ2) is 12.5. The lowest BCUT2D eigenvalue weighted by molar-refractivity contribution is -0.115. The summed E-state index contributed by atoms with van der Waals surface area (Å²) in [4.78, 5) is 35.4. The number of amides is 1. The van der Waals surface area contributed by atoms with Gasteiger partial charge in [0.05, 0.1) is 24.1 Å². The zero-order chi connectivity index (χ0) is 30.0. The number of ether oxygens (including phenoxy) is 1. The predicted octanol–water partition coefficient (Wildman–Crippen LogP) is 8.48. The number of esters is 1. The molecule has 42 heavy (non-hydrogen) atoms. The Labute approximate surface area is 256 Å². The lowest BCUT2D eigenvalue weighted by Gasteiger charge is -2.33. The van der Waals surface area contributed by atoms with Gasteiger partial charge in [0.2, 0.25) is 5.91 Å². The summed E-state index contributed by atoms with van der Waals surface area (Å²) in [7, 11) is 1.40. The first kappa shape index (κ1) is 30.1. The van der Waals surface area contributed by atoms with E-state index in [-0.39, 0.29) is 17.3 Å². The van der Waals surface area contributed by atoms with Gasteiger partial charge in [-0.3, -0.25) is 4.79 Å². The van der Waals surface area contributed by atoms with Crippen molar-refractivity contribution in [1.82, 2.24) is 9.97 Å². The van der Waals surface area contributed by atoms with Gasteiger partial charge in [-0.05, 0) is 50.0 Å². The van der Waals surface area contributed by atoms with Crippen molar-refractivity contribution in [3.63, 3.8) is 0 Å². The third-order valence-electron chi connectivity index (χ3n) is 8.05. The molecule has 0 bridgehead atoms. The molecule has 2 aromatic heterocycles. The fraction of sp³-hybridized carbons (Fsp3) is 0.382. The number of fused-ring (bicyclic) bond motifs is 1. The molecule has 220 valence electrons. The van der Waals surface area contributed by atoms with E-state index in [0.717, 1.165) is 52.5 Å². The number of aromatic nitrogens is 2. The molecule has 2 N–H and O–H groups in total. The van der Waals surface area contributed by atoms with Gasteiger partial charge >= 0.3 is 5.97 Å². The topological polar surface area (TPSA) is 84.1 Å². The number of rotatable bonds is 8. The maximum absolute atomic E-state index is 13.1. The van der Waals surface area contributed by atoms with Crippen molar-refractivity contribution in [2.75, 3.05) is 18.2 Å². The molecule has 6 nitrogen and oxygen atoms in total. The number of methoxy groups -OCH3 is 1. The van der Waals surface area contributed by atoms with E-state index in [1.807, 2.05) is 0 Å². The summed E-state index contributed by atoms with van der Waals surface area (Å²) >= 11 is 3.05. The van der Waals surface area contributed by atoms with Crippen LogP contribution >= 0.6 is 23.1 Å². The number of H-pyrrole nitrogens is 1. The number of anilines is 1. The van der Waals surface area contributed by atoms with Crippen LogP contribution in [0.25, 0.3) is 22.5 Å². The molecule has 0 saturated heterocycles. The number of nitrogens with one attached hydrogen (secondary N) is 2. The van der Waals surface area contributed by atoms with Crippen molar-refractivity contribution < 1.29 is 14.3 Å². The Bertz CT molecular complexity index is 1510. The van der Waals surface area contributed by atoms with Gasteiger partial charge in [0, 0.05) is 28.2 Å². The summed E-state index contributed by atoms with van der Waals surface area (Å²) < 4.78 is 5.12. The number of hydrogen-bond acceptors (Lipinski definition) is 6. The summed E-state index contributed by atoms with van der Waals surface area (Å²) in [6, 6.07) is 16.8. The molecule has 1 amide bonds. The molecule has 1 aliphatic carbocycles. The normalized spacial score (nSPS) is 14.9. The molecule has 1 unspecified atom stereocenters. The first-order valence-corrected chi connectivity index (χ1v) is 16.2. The van der Waals surface area contributed by atoms with Gasteiger partial charge in [-0.25, -0.2) is 9.78 Å². The van der Waals surface area contributed by atoms with E-state index >= 15 is 0 Å². The molecule has 0 spiro atoms. The molecule has 0 fully saturated rings.